The van der Waals surface area contributed by atoms with Crippen LogP contribution in [0.1, 0.15) is 20.8 Å². The molecule has 0 amide bonds. The smallest absolute Gasteiger partial charge is 0.0393 e. The van der Waals surface area contributed by atoms with Crippen LogP contribution in [0.3, 0.4) is 0 Å². The van der Waals surface area contributed by atoms with Gasteiger partial charge >= 0.3 is 0 Å². The summed E-state index contributed by atoms with van der Waals surface area (Å²) >= 11 is 0. The first-order chi connectivity index (χ1) is 5.17. The Morgan fingerprint density at radius 3 is 2.18 bits per heavy atom. The van der Waals surface area contributed by atoms with Gasteiger partial charge in [0, 0.05) is 12.7 Å². The summed E-state index contributed by atoms with van der Waals surface area (Å²) < 4.78 is 0. The van der Waals surface area contributed by atoms with Crippen molar-refractivity contribution in [1.82, 2.24) is 5.32 Å². The fourth-order valence-electron chi connectivity index (χ4n) is 0.952. The highest BCUT2D eigenvalue weighted by Crippen LogP contribution is 2.10. The van der Waals surface area contributed by atoms with Crippen LogP contribution in [-0.4, -0.2) is 7.05 Å². The van der Waals surface area contributed by atoms with E-state index in [4.69, 9.17) is 0 Å². The predicted octanol–water partition coefficient (Wildman–Crippen LogP) is 2.63. The molecule has 1 N–H and O–H groups in total. The van der Waals surface area contributed by atoms with Crippen LogP contribution in [0.4, 0.5) is 0 Å². The SMILES string of the molecule is C=C/C(C)=C(NC)/C(C)=C/C. The molecular formula is C10H17N. The van der Waals surface area contributed by atoms with E-state index in [-0.39, 0.29) is 0 Å². The van der Waals surface area contributed by atoms with E-state index >= 15 is 0 Å². The number of hydrogen-bond acceptors (Lipinski definition) is 1. The van der Waals surface area contributed by atoms with Crippen LogP contribution in [-0.2, 0) is 0 Å². The highest BCUT2D eigenvalue weighted by molar-refractivity contribution is 5.35. The maximum absolute atomic E-state index is 3.72. The molecule has 0 aliphatic carbocycles. The van der Waals surface area contributed by atoms with Crippen LogP contribution in [0.5, 0.6) is 0 Å². The van der Waals surface area contributed by atoms with Crippen LogP contribution in [0.15, 0.2) is 35.6 Å². The summed E-state index contributed by atoms with van der Waals surface area (Å²) in [4.78, 5) is 0. The molecule has 0 rings (SSSR count). The monoisotopic (exact) mass is 151 g/mol. The topological polar surface area (TPSA) is 12.0 Å². The highest BCUT2D eigenvalue weighted by Gasteiger charge is 1.97. The van der Waals surface area contributed by atoms with Gasteiger partial charge in [-0.2, -0.15) is 0 Å². The first-order valence-corrected chi connectivity index (χ1v) is 3.81. The molecule has 0 aromatic rings. The van der Waals surface area contributed by atoms with Gasteiger partial charge in [-0.15, -0.1) is 0 Å². The standard InChI is InChI=1S/C10H17N/c1-6-8(3)10(11-5)9(4)7-2/h6-7,11H,1H2,2-5H3/b9-7+,10-8-. The van der Waals surface area contributed by atoms with Crippen LogP contribution in [0.2, 0.25) is 0 Å². The van der Waals surface area contributed by atoms with Crippen molar-refractivity contribution in [3.8, 4) is 0 Å². The van der Waals surface area contributed by atoms with Crippen molar-refractivity contribution in [3.05, 3.63) is 35.6 Å². The van der Waals surface area contributed by atoms with Gasteiger partial charge in [-0.3, -0.25) is 0 Å². The molecule has 0 saturated carbocycles. The summed E-state index contributed by atoms with van der Waals surface area (Å²) in [7, 11) is 1.93. The first-order valence-electron chi connectivity index (χ1n) is 3.81. The number of likely N-dealkylation sites (N-methyl/N-ethyl adjacent to an activating group) is 1. The van der Waals surface area contributed by atoms with Gasteiger partial charge in [-0.05, 0) is 31.9 Å². The molecule has 62 valence electrons. The maximum atomic E-state index is 3.72. The predicted molar refractivity (Wildman–Crippen MR) is 51.4 cm³/mol. The highest BCUT2D eigenvalue weighted by atomic mass is 14.8. The van der Waals surface area contributed by atoms with E-state index in [0.29, 0.717) is 0 Å². The van der Waals surface area contributed by atoms with Gasteiger partial charge in [0.05, 0.1) is 0 Å². The zero-order valence-corrected chi connectivity index (χ0v) is 7.86. The van der Waals surface area contributed by atoms with E-state index in [9.17, 15) is 0 Å². The van der Waals surface area contributed by atoms with Gasteiger partial charge in [0.2, 0.25) is 0 Å². The van der Waals surface area contributed by atoms with Crippen LogP contribution < -0.4 is 5.32 Å². The van der Waals surface area contributed by atoms with Crippen LogP contribution >= 0.6 is 0 Å². The van der Waals surface area contributed by atoms with Crippen molar-refractivity contribution in [2.24, 2.45) is 0 Å². The molecule has 0 heterocycles. The largest absolute Gasteiger partial charge is 0.388 e. The van der Waals surface area contributed by atoms with Crippen LogP contribution in [0, 0.1) is 0 Å². The minimum atomic E-state index is 1.17. The molecule has 0 unspecified atom stereocenters. The normalized spacial score (nSPS) is 14.0. The second kappa shape index (κ2) is 4.78. The van der Waals surface area contributed by atoms with Gasteiger partial charge < -0.3 is 5.32 Å². The van der Waals surface area contributed by atoms with Crippen molar-refractivity contribution in [1.29, 1.82) is 0 Å². The summed E-state index contributed by atoms with van der Waals surface area (Å²) in [5, 5.41) is 3.14. The number of rotatable bonds is 3. The van der Waals surface area contributed by atoms with E-state index in [1.165, 1.54) is 16.8 Å². The van der Waals surface area contributed by atoms with E-state index in [0.717, 1.165) is 0 Å². The molecule has 0 fully saturated rings. The third kappa shape index (κ3) is 2.62. The minimum absolute atomic E-state index is 1.17. The summed E-state index contributed by atoms with van der Waals surface area (Å²) in [6, 6.07) is 0. The molecule has 0 saturated heterocycles. The second-order valence-electron chi connectivity index (χ2n) is 2.48. The van der Waals surface area contributed by atoms with E-state index in [1.807, 2.05) is 27.0 Å². The third-order valence-electron chi connectivity index (χ3n) is 1.78. The van der Waals surface area contributed by atoms with Gasteiger partial charge in [0.15, 0.2) is 0 Å². The average Bonchev–Trinajstić information content (AvgIpc) is 2.05. The van der Waals surface area contributed by atoms with Crippen molar-refractivity contribution in [2.75, 3.05) is 7.05 Å². The molecule has 1 nitrogen and oxygen atoms in total. The van der Waals surface area contributed by atoms with E-state index in [1.54, 1.807) is 0 Å². The zero-order chi connectivity index (χ0) is 8.85. The van der Waals surface area contributed by atoms with Gasteiger partial charge in [-0.25, -0.2) is 0 Å². The molecule has 0 aromatic carbocycles. The summed E-state index contributed by atoms with van der Waals surface area (Å²) in [6.07, 6.45) is 3.94. The quantitative estimate of drug-likeness (QED) is 0.611. The lowest BCUT2D eigenvalue weighted by atomic mass is 10.1. The summed E-state index contributed by atoms with van der Waals surface area (Å²) in [5.41, 5.74) is 3.61. The molecule has 0 spiro atoms. The van der Waals surface area contributed by atoms with Crippen molar-refractivity contribution >= 4 is 0 Å². The molecule has 1 heteroatoms. The number of allylic oxidation sites excluding steroid dienone is 4. The molecular weight excluding hydrogens is 134 g/mol. The molecule has 0 radical (unpaired) electrons. The molecule has 0 aliphatic rings. The lowest BCUT2D eigenvalue weighted by molar-refractivity contribution is 0.976. The second-order valence-corrected chi connectivity index (χ2v) is 2.48. The average molecular weight is 151 g/mol. The Morgan fingerprint density at radius 2 is 1.91 bits per heavy atom. The molecule has 11 heavy (non-hydrogen) atoms. The Balaban J connectivity index is 4.79. The maximum Gasteiger partial charge on any atom is 0.0393 e. The van der Waals surface area contributed by atoms with Crippen molar-refractivity contribution < 1.29 is 0 Å². The van der Waals surface area contributed by atoms with Crippen LogP contribution in [0.25, 0.3) is 0 Å². The number of hydrogen-bond donors (Lipinski definition) is 1. The lowest BCUT2D eigenvalue weighted by Gasteiger charge is -2.09. The van der Waals surface area contributed by atoms with Gasteiger partial charge in [0.25, 0.3) is 0 Å². The Morgan fingerprint density at radius 1 is 1.36 bits per heavy atom. The first kappa shape index (κ1) is 10.0. The third-order valence-corrected chi connectivity index (χ3v) is 1.78. The van der Waals surface area contributed by atoms with Gasteiger partial charge in [0.1, 0.15) is 0 Å². The van der Waals surface area contributed by atoms with Gasteiger partial charge in [-0.1, -0.05) is 18.7 Å². The summed E-state index contributed by atoms with van der Waals surface area (Å²) in [6.45, 7) is 9.88. The zero-order valence-electron chi connectivity index (χ0n) is 7.86. The van der Waals surface area contributed by atoms with E-state index < -0.39 is 0 Å². The van der Waals surface area contributed by atoms with E-state index in [2.05, 4.69) is 24.9 Å². The Labute approximate surface area is 69.5 Å². The Bertz CT molecular complexity index is 197. The molecule has 0 aliphatic heterocycles. The Kier molecular flexibility index (Phi) is 4.35. The Hall–Kier alpha value is -0.980. The summed E-state index contributed by atoms with van der Waals surface area (Å²) in [5.74, 6) is 0. The van der Waals surface area contributed by atoms with Crippen molar-refractivity contribution in [2.45, 2.75) is 20.8 Å². The lowest BCUT2D eigenvalue weighted by Crippen LogP contribution is -2.08. The minimum Gasteiger partial charge on any atom is -0.388 e. The molecule has 0 bridgehead atoms. The molecule has 0 aromatic heterocycles. The molecule has 0 atom stereocenters. The number of nitrogens with one attached hydrogen (secondary N) is 1. The fourth-order valence-corrected chi connectivity index (χ4v) is 0.952. The fraction of sp³-hybridized carbons (Fsp3) is 0.400. The van der Waals surface area contributed by atoms with Crippen molar-refractivity contribution in [3.63, 3.8) is 0 Å².